The fourth-order valence-electron chi connectivity index (χ4n) is 1.64. The Kier molecular flexibility index (Phi) is 3.54. The topological polar surface area (TPSA) is 55.1 Å². The first-order chi connectivity index (χ1) is 8.06. The van der Waals surface area contributed by atoms with E-state index in [9.17, 15) is 4.79 Å². The van der Waals surface area contributed by atoms with Gasteiger partial charge in [-0.1, -0.05) is 11.6 Å². The van der Waals surface area contributed by atoms with Crippen LogP contribution in [0.25, 0.3) is 0 Å². The number of nitrogens with one attached hydrogen (secondary N) is 1. The summed E-state index contributed by atoms with van der Waals surface area (Å²) in [6.07, 6.45) is 4.42. The van der Waals surface area contributed by atoms with Crippen LogP contribution in [-0.4, -0.2) is 23.5 Å². The van der Waals surface area contributed by atoms with Crippen LogP contribution in [0.4, 0.5) is 5.69 Å². The summed E-state index contributed by atoms with van der Waals surface area (Å²) in [5.41, 5.74) is 6.63. The first-order valence-corrected chi connectivity index (χ1v) is 7.05. The van der Waals surface area contributed by atoms with Gasteiger partial charge in [-0.15, -0.1) is 0 Å². The summed E-state index contributed by atoms with van der Waals surface area (Å²) in [6.45, 7) is 0.702. The molecule has 1 aromatic carbocycles. The lowest BCUT2D eigenvalue weighted by Gasteiger charge is -2.13. The molecule has 0 spiro atoms. The van der Waals surface area contributed by atoms with E-state index in [-0.39, 0.29) is 10.7 Å². The number of carbonyl (C=O) groups is 1. The molecule has 1 fully saturated rings. The van der Waals surface area contributed by atoms with Gasteiger partial charge >= 0.3 is 0 Å². The molecule has 1 aromatic rings. The van der Waals surface area contributed by atoms with Crippen LogP contribution in [0.3, 0.4) is 0 Å². The number of thioether (sulfide) groups is 1. The molecule has 92 valence electrons. The van der Waals surface area contributed by atoms with E-state index in [1.54, 1.807) is 18.2 Å². The summed E-state index contributed by atoms with van der Waals surface area (Å²) >= 11 is 7.79. The largest absolute Gasteiger partial charge is 0.399 e. The number of nitrogen functional groups attached to an aromatic ring is 1. The molecule has 0 heterocycles. The number of anilines is 1. The summed E-state index contributed by atoms with van der Waals surface area (Å²) in [4.78, 5) is 11.9. The van der Waals surface area contributed by atoms with Gasteiger partial charge in [0.1, 0.15) is 0 Å². The molecule has 3 N–H and O–H groups in total. The lowest BCUT2D eigenvalue weighted by atomic mass is 10.2. The highest BCUT2D eigenvalue weighted by molar-refractivity contribution is 8.00. The number of carbonyl (C=O) groups excluding carboxylic acids is 1. The monoisotopic (exact) mass is 270 g/mol. The number of hydrogen-bond acceptors (Lipinski definition) is 3. The average molecular weight is 271 g/mol. The Morgan fingerprint density at radius 1 is 1.59 bits per heavy atom. The number of nitrogens with two attached hydrogens (primary N) is 1. The van der Waals surface area contributed by atoms with Crippen LogP contribution < -0.4 is 11.1 Å². The molecule has 17 heavy (non-hydrogen) atoms. The Bertz CT molecular complexity index is 446. The van der Waals surface area contributed by atoms with Crippen molar-refractivity contribution in [1.29, 1.82) is 0 Å². The summed E-state index contributed by atoms with van der Waals surface area (Å²) in [7, 11) is 0. The molecule has 3 nitrogen and oxygen atoms in total. The minimum Gasteiger partial charge on any atom is -0.399 e. The average Bonchev–Trinajstić information content (AvgIpc) is 3.07. The second-order valence-electron chi connectivity index (χ2n) is 4.31. The molecule has 1 aliphatic carbocycles. The van der Waals surface area contributed by atoms with Crippen molar-refractivity contribution in [3.05, 3.63) is 28.8 Å². The molecule has 5 heteroatoms. The van der Waals surface area contributed by atoms with E-state index >= 15 is 0 Å². The molecule has 2 rings (SSSR count). The molecule has 0 saturated heterocycles. The van der Waals surface area contributed by atoms with Gasteiger partial charge in [-0.05, 0) is 37.3 Å². The zero-order chi connectivity index (χ0) is 12.5. The van der Waals surface area contributed by atoms with E-state index in [2.05, 4.69) is 11.6 Å². The lowest BCUT2D eigenvalue weighted by Crippen LogP contribution is -2.31. The standard InChI is InChI=1S/C12H15ClN2OS/c1-17-12(4-5-12)7-15-11(16)9-3-2-8(14)6-10(9)13/h2-3,6H,4-5,7,14H2,1H3,(H,15,16). The van der Waals surface area contributed by atoms with Crippen molar-refractivity contribution < 1.29 is 4.79 Å². The lowest BCUT2D eigenvalue weighted by molar-refractivity contribution is 0.0953. The third-order valence-electron chi connectivity index (χ3n) is 3.05. The normalized spacial score (nSPS) is 16.6. The van der Waals surface area contributed by atoms with E-state index in [1.807, 2.05) is 11.8 Å². The summed E-state index contributed by atoms with van der Waals surface area (Å²) in [5, 5.41) is 3.33. The molecular formula is C12H15ClN2OS. The van der Waals surface area contributed by atoms with Crippen molar-refractivity contribution >= 4 is 35.0 Å². The van der Waals surface area contributed by atoms with E-state index in [4.69, 9.17) is 17.3 Å². The van der Waals surface area contributed by atoms with Gasteiger partial charge in [0.05, 0.1) is 10.6 Å². The maximum absolute atomic E-state index is 11.9. The molecule has 0 atom stereocenters. The van der Waals surface area contributed by atoms with Crippen molar-refractivity contribution in [2.45, 2.75) is 17.6 Å². The highest BCUT2D eigenvalue weighted by Gasteiger charge is 2.41. The van der Waals surface area contributed by atoms with Gasteiger partial charge in [-0.25, -0.2) is 0 Å². The molecule has 0 unspecified atom stereocenters. The molecule has 0 aromatic heterocycles. The zero-order valence-electron chi connectivity index (χ0n) is 9.63. The molecule has 0 radical (unpaired) electrons. The SMILES string of the molecule is CSC1(CNC(=O)c2ccc(N)cc2Cl)CC1. The Morgan fingerprint density at radius 2 is 2.29 bits per heavy atom. The second-order valence-corrected chi connectivity index (χ2v) is 5.99. The first kappa shape index (κ1) is 12.6. The minimum atomic E-state index is -0.129. The number of amides is 1. The predicted molar refractivity (Wildman–Crippen MR) is 73.7 cm³/mol. The van der Waals surface area contributed by atoms with Gasteiger partial charge in [0, 0.05) is 17.0 Å². The number of benzene rings is 1. The smallest absolute Gasteiger partial charge is 0.252 e. The van der Waals surface area contributed by atoms with Crippen molar-refractivity contribution in [1.82, 2.24) is 5.32 Å². The number of rotatable bonds is 4. The predicted octanol–water partition coefficient (Wildman–Crippen LogP) is 2.55. The molecule has 0 aliphatic heterocycles. The molecule has 1 amide bonds. The molecular weight excluding hydrogens is 256 g/mol. The van der Waals surface area contributed by atoms with Gasteiger partial charge < -0.3 is 11.1 Å². The summed E-state index contributed by atoms with van der Waals surface area (Å²) in [6, 6.07) is 4.94. The maximum atomic E-state index is 11.9. The van der Waals surface area contributed by atoms with Crippen LogP contribution in [0.15, 0.2) is 18.2 Å². The van der Waals surface area contributed by atoms with Gasteiger partial charge in [0.15, 0.2) is 0 Å². The molecule has 0 bridgehead atoms. The van der Waals surface area contributed by atoms with E-state index in [0.717, 1.165) is 0 Å². The van der Waals surface area contributed by atoms with Crippen LogP contribution in [0, 0.1) is 0 Å². The van der Waals surface area contributed by atoms with Gasteiger partial charge in [-0.3, -0.25) is 4.79 Å². The second kappa shape index (κ2) is 4.78. The Balaban J connectivity index is 2.00. The first-order valence-electron chi connectivity index (χ1n) is 5.45. The van der Waals surface area contributed by atoms with Crippen LogP contribution in [0.2, 0.25) is 5.02 Å². The Hall–Kier alpha value is -0.870. The van der Waals surface area contributed by atoms with Gasteiger partial charge in [-0.2, -0.15) is 11.8 Å². The van der Waals surface area contributed by atoms with Crippen molar-refractivity contribution in [2.75, 3.05) is 18.5 Å². The molecule has 1 saturated carbocycles. The van der Waals surface area contributed by atoms with E-state index in [1.165, 1.54) is 12.8 Å². The van der Waals surface area contributed by atoms with Gasteiger partial charge in [0.25, 0.3) is 5.91 Å². The summed E-state index contributed by atoms with van der Waals surface area (Å²) in [5.74, 6) is -0.129. The van der Waals surface area contributed by atoms with Crippen molar-refractivity contribution in [2.24, 2.45) is 0 Å². The van der Waals surface area contributed by atoms with E-state index in [0.29, 0.717) is 22.8 Å². The third-order valence-corrected chi connectivity index (χ3v) is 4.78. The van der Waals surface area contributed by atoms with Crippen molar-refractivity contribution in [3.8, 4) is 0 Å². The highest BCUT2D eigenvalue weighted by atomic mass is 35.5. The Morgan fingerprint density at radius 3 is 2.82 bits per heavy atom. The van der Waals surface area contributed by atoms with Crippen LogP contribution in [0.1, 0.15) is 23.2 Å². The number of hydrogen-bond donors (Lipinski definition) is 2. The minimum absolute atomic E-state index is 0.129. The highest BCUT2D eigenvalue weighted by Crippen LogP contribution is 2.46. The third kappa shape index (κ3) is 2.87. The van der Waals surface area contributed by atoms with Crippen LogP contribution >= 0.6 is 23.4 Å². The maximum Gasteiger partial charge on any atom is 0.252 e. The zero-order valence-corrected chi connectivity index (χ0v) is 11.2. The Labute approximate surface area is 110 Å². The fraction of sp³-hybridized carbons (Fsp3) is 0.417. The number of halogens is 1. The van der Waals surface area contributed by atoms with Gasteiger partial charge in [0.2, 0.25) is 0 Å². The quantitative estimate of drug-likeness (QED) is 0.827. The van der Waals surface area contributed by atoms with Crippen LogP contribution in [-0.2, 0) is 0 Å². The van der Waals surface area contributed by atoms with Crippen LogP contribution in [0.5, 0.6) is 0 Å². The summed E-state index contributed by atoms with van der Waals surface area (Å²) < 4.78 is 0.260. The molecule has 1 aliphatic rings. The van der Waals surface area contributed by atoms with Crippen molar-refractivity contribution in [3.63, 3.8) is 0 Å². The fourth-order valence-corrected chi connectivity index (χ4v) is 2.65. The van der Waals surface area contributed by atoms with E-state index < -0.39 is 0 Å².